The lowest BCUT2D eigenvalue weighted by Gasteiger charge is -2.17. The first kappa shape index (κ1) is 19.4. The second-order valence-corrected chi connectivity index (χ2v) is 6.29. The molecule has 0 saturated heterocycles. The second-order valence-electron chi connectivity index (χ2n) is 6.29. The predicted octanol–water partition coefficient (Wildman–Crippen LogP) is 3.00. The number of rotatable bonds is 8. The Hall–Kier alpha value is -3.35. The highest BCUT2D eigenvalue weighted by Crippen LogP contribution is 2.20. The zero-order valence-corrected chi connectivity index (χ0v) is 16.2. The van der Waals surface area contributed by atoms with Gasteiger partial charge in [0.05, 0.1) is 14.2 Å². The number of hydrogen-bond acceptors (Lipinski definition) is 6. The SMILES string of the molecule is COc1ccc(-c2noc(CC(=O)N(C)CCc3ccccc3OC)n2)cc1. The summed E-state index contributed by atoms with van der Waals surface area (Å²) in [5.41, 5.74) is 1.86. The number of methoxy groups -OCH3 is 2. The molecule has 0 aliphatic rings. The van der Waals surface area contributed by atoms with Gasteiger partial charge in [-0.15, -0.1) is 0 Å². The van der Waals surface area contributed by atoms with Crippen molar-refractivity contribution in [2.45, 2.75) is 12.8 Å². The fourth-order valence-electron chi connectivity index (χ4n) is 2.77. The van der Waals surface area contributed by atoms with Crippen molar-refractivity contribution in [1.29, 1.82) is 0 Å². The highest BCUT2D eigenvalue weighted by Gasteiger charge is 2.16. The zero-order chi connectivity index (χ0) is 19.9. The van der Waals surface area contributed by atoms with Crippen LogP contribution in [0.15, 0.2) is 53.1 Å². The van der Waals surface area contributed by atoms with E-state index in [4.69, 9.17) is 14.0 Å². The summed E-state index contributed by atoms with van der Waals surface area (Å²) in [6, 6.07) is 15.1. The van der Waals surface area contributed by atoms with Crippen LogP contribution >= 0.6 is 0 Å². The van der Waals surface area contributed by atoms with Gasteiger partial charge in [0.1, 0.15) is 17.9 Å². The maximum absolute atomic E-state index is 12.5. The summed E-state index contributed by atoms with van der Waals surface area (Å²) in [7, 11) is 5.01. The summed E-state index contributed by atoms with van der Waals surface area (Å²) in [6.45, 7) is 0.568. The molecule has 1 amide bonds. The van der Waals surface area contributed by atoms with E-state index in [9.17, 15) is 4.79 Å². The monoisotopic (exact) mass is 381 g/mol. The molecule has 1 heterocycles. The molecular formula is C21H23N3O4. The van der Waals surface area contributed by atoms with Crippen molar-refractivity contribution >= 4 is 5.91 Å². The zero-order valence-electron chi connectivity index (χ0n) is 16.2. The third kappa shape index (κ3) is 4.68. The summed E-state index contributed by atoms with van der Waals surface area (Å²) in [6.07, 6.45) is 0.763. The van der Waals surface area contributed by atoms with E-state index < -0.39 is 0 Å². The number of amides is 1. The number of benzene rings is 2. The quantitative estimate of drug-likeness (QED) is 0.597. The van der Waals surface area contributed by atoms with Crippen LogP contribution in [-0.4, -0.2) is 48.8 Å². The summed E-state index contributed by atoms with van der Waals surface area (Å²) in [5, 5.41) is 3.96. The number of nitrogens with zero attached hydrogens (tertiary/aromatic N) is 3. The first-order chi connectivity index (χ1) is 13.6. The normalized spacial score (nSPS) is 10.5. The predicted molar refractivity (Wildman–Crippen MR) is 104 cm³/mol. The van der Waals surface area contributed by atoms with Crippen molar-refractivity contribution in [2.75, 3.05) is 27.8 Å². The van der Waals surface area contributed by atoms with E-state index in [1.807, 2.05) is 48.5 Å². The lowest BCUT2D eigenvalue weighted by molar-refractivity contribution is -0.129. The van der Waals surface area contributed by atoms with Crippen molar-refractivity contribution in [1.82, 2.24) is 15.0 Å². The minimum Gasteiger partial charge on any atom is -0.497 e. The molecule has 0 unspecified atom stereocenters. The number of ether oxygens (including phenoxy) is 2. The second kappa shape index (κ2) is 9.03. The van der Waals surface area contributed by atoms with Gasteiger partial charge >= 0.3 is 0 Å². The Morgan fingerprint density at radius 1 is 1.07 bits per heavy atom. The lowest BCUT2D eigenvalue weighted by Crippen LogP contribution is -2.30. The van der Waals surface area contributed by atoms with Crippen molar-refractivity contribution in [2.24, 2.45) is 0 Å². The van der Waals surface area contributed by atoms with Crippen LogP contribution in [0.5, 0.6) is 11.5 Å². The van der Waals surface area contributed by atoms with E-state index in [1.54, 1.807) is 26.2 Å². The number of likely N-dealkylation sites (N-methyl/N-ethyl adjacent to an activating group) is 1. The molecule has 0 fully saturated rings. The first-order valence-corrected chi connectivity index (χ1v) is 8.93. The van der Waals surface area contributed by atoms with E-state index in [2.05, 4.69) is 10.1 Å². The summed E-state index contributed by atoms with van der Waals surface area (Å²) < 4.78 is 15.7. The van der Waals surface area contributed by atoms with Crippen molar-refractivity contribution in [3.63, 3.8) is 0 Å². The molecule has 2 aromatic carbocycles. The molecule has 7 heteroatoms. The number of aromatic nitrogens is 2. The third-order valence-corrected chi connectivity index (χ3v) is 4.45. The van der Waals surface area contributed by atoms with Crippen molar-refractivity contribution in [3.05, 3.63) is 60.0 Å². The van der Waals surface area contributed by atoms with E-state index in [0.717, 1.165) is 22.6 Å². The van der Waals surface area contributed by atoms with Crippen LogP contribution in [0.2, 0.25) is 0 Å². The Kier molecular flexibility index (Phi) is 6.26. The number of para-hydroxylation sites is 1. The molecule has 7 nitrogen and oxygen atoms in total. The largest absolute Gasteiger partial charge is 0.497 e. The maximum atomic E-state index is 12.5. The van der Waals surface area contributed by atoms with Gasteiger partial charge in [0.15, 0.2) is 0 Å². The van der Waals surface area contributed by atoms with Gasteiger partial charge in [-0.1, -0.05) is 23.4 Å². The van der Waals surface area contributed by atoms with Gasteiger partial charge in [-0.05, 0) is 42.3 Å². The molecule has 0 radical (unpaired) electrons. The summed E-state index contributed by atoms with van der Waals surface area (Å²) >= 11 is 0. The van der Waals surface area contributed by atoms with Crippen LogP contribution in [-0.2, 0) is 17.6 Å². The summed E-state index contributed by atoms with van der Waals surface area (Å²) in [4.78, 5) is 18.4. The van der Waals surface area contributed by atoms with Gasteiger partial charge in [-0.2, -0.15) is 4.98 Å². The summed E-state index contributed by atoms with van der Waals surface area (Å²) in [5.74, 6) is 2.23. The van der Waals surface area contributed by atoms with Crippen LogP contribution in [0.3, 0.4) is 0 Å². The molecule has 0 saturated carbocycles. The van der Waals surface area contributed by atoms with Gasteiger partial charge in [-0.25, -0.2) is 0 Å². The molecule has 146 valence electrons. The Balaban J connectivity index is 1.57. The van der Waals surface area contributed by atoms with Crippen LogP contribution in [0, 0.1) is 0 Å². The van der Waals surface area contributed by atoms with Gasteiger partial charge in [0.25, 0.3) is 0 Å². The van der Waals surface area contributed by atoms with Crippen molar-refractivity contribution < 1.29 is 18.8 Å². The van der Waals surface area contributed by atoms with E-state index >= 15 is 0 Å². The molecule has 3 aromatic rings. The average Bonchev–Trinajstić information content (AvgIpc) is 3.20. The molecule has 0 bridgehead atoms. The minimum atomic E-state index is -0.0835. The van der Waals surface area contributed by atoms with Gasteiger partial charge in [-0.3, -0.25) is 4.79 Å². The molecule has 0 N–H and O–H groups in total. The molecule has 1 aromatic heterocycles. The Labute approximate surface area is 163 Å². The molecule has 3 rings (SSSR count). The van der Waals surface area contributed by atoms with Crippen LogP contribution in [0.4, 0.5) is 0 Å². The van der Waals surface area contributed by atoms with Gasteiger partial charge in [0.2, 0.25) is 17.6 Å². The number of hydrogen-bond donors (Lipinski definition) is 0. The Bertz CT molecular complexity index is 921. The highest BCUT2D eigenvalue weighted by molar-refractivity contribution is 5.77. The van der Waals surface area contributed by atoms with Crippen LogP contribution in [0.25, 0.3) is 11.4 Å². The van der Waals surface area contributed by atoms with Gasteiger partial charge < -0.3 is 18.9 Å². The number of carbonyl (C=O) groups is 1. The molecule has 28 heavy (non-hydrogen) atoms. The smallest absolute Gasteiger partial charge is 0.236 e. The van der Waals surface area contributed by atoms with E-state index in [1.165, 1.54) is 0 Å². The molecule has 0 atom stereocenters. The fourth-order valence-corrected chi connectivity index (χ4v) is 2.77. The molecule has 0 spiro atoms. The Morgan fingerprint density at radius 3 is 2.54 bits per heavy atom. The molecule has 0 aliphatic carbocycles. The topological polar surface area (TPSA) is 77.7 Å². The van der Waals surface area contributed by atoms with Crippen molar-refractivity contribution in [3.8, 4) is 22.9 Å². The number of carbonyl (C=O) groups excluding carboxylic acids is 1. The lowest BCUT2D eigenvalue weighted by atomic mass is 10.1. The first-order valence-electron chi connectivity index (χ1n) is 8.93. The Morgan fingerprint density at radius 2 is 1.82 bits per heavy atom. The molecular weight excluding hydrogens is 358 g/mol. The minimum absolute atomic E-state index is 0.0611. The van der Waals surface area contributed by atoms with Gasteiger partial charge in [0, 0.05) is 19.2 Å². The third-order valence-electron chi connectivity index (χ3n) is 4.45. The average molecular weight is 381 g/mol. The standard InChI is InChI=1S/C21H23N3O4/c1-24(13-12-15-6-4-5-7-18(15)27-3)20(25)14-19-22-21(23-28-19)16-8-10-17(26-2)11-9-16/h4-11H,12-14H2,1-3H3. The van der Waals surface area contributed by atoms with Crippen LogP contribution in [0.1, 0.15) is 11.5 Å². The van der Waals surface area contributed by atoms with E-state index in [-0.39, 0.29) is 12.3 Å². The van der Waals surface area contributed by atoms with Crippen LogP contribution < -0.4 is 9.47 Å². The van der Waals surface area contributed by atoms with E-state index in [0.29, 0.717) is 24.7 Å². The maximum Gasteiger partial charge on any atom is 0.236 e. The fraction of sp³-hybridized carbons (Fsp3) is 0.286. The molecule has 0 aliphatic heterocycles. The highest BCUT2D eigenvalue weighted by atomic mass is 16.5.